The van der Waals surface area contributed by atoms with E-state index in [-0.39, 0.29) is 11.4 Å². The summed E-state index contributed by atoms with van der Waals surface area (Å²) in [4.78, 5) is 23.8. The number of ether oxygens (including phenoxy) is 1. The Morgan fingerprint density at radius 2 is 1.86 bits per heavy atom. The summed E-state index contributed by atoms with van der Waals surface area (Å²) < 4.78 is 5.15. The Hall–Kier alpha value is -1.75. The van der Waals surface area contributed by atoms with Crippen molar-refractivity contribution in [2.24, 2.45) is 0 Å². The summed E-state index contributed by atoms with van der Waals surface area (Å²) in [6, 6.07) is 6.53. The van der Waals surface area contributed by atoms with E-state index in [9.17, 15) is 14.7 Å². The molecule has 1 atom stereocenters. The number of carboxylic acid groups (broad SMARTS) is 1. The fourth-order valence-electron chi connectivity index (χ4n) is 1.95. The quantitative estimate of drug-likeness (QED) is 0.891. The highest BCUT2D eigenvalue weighted by Crippen LogP contribution is 2.31. The van der Waals surface area contributed by atoms with Gasteiger partial charge in [0.15, 0.2) is 5.54 Å². The van der Waals surface area contributed by atoms with Gasteiger partial charge in [0.1, 0.15) is 5.60 Å². The molecule has 1 unspecified atom stereocenters. The Balaban J connectivity index is 3.20. The van der Waals surface area contributed by atoms with Gasteiger partial charge in [-0.05, 0) is 33.3 Å². The number of amides is 1. The zero-order valence-electron chi connectivity index (χ0n) is 12.6. The van der Waals surface area contributed by atoms with Gasteiger partial charge in [0.05, 0.1) is 0 Å². The number of carbonyl (C=O) groups is 2. The maximum atomic E-state index is 12.0. The molecule has 0 saturated heterocycles. The van der Waals surface area contributed by atoms with Crippen LogP contribution < -0.4 is 5.32 Å². The summed E-state index contributed by atoms with van der Waals surface area (Å²) in [5.41, 5.74) is -2.02. The highest BCUT2D eigenvalue weighted by atomic mass is 35.5. The summed E-state index contributed by atoms with van der Waals surface area (Å²) in [6.45, 7) is 6.78. The number of halogens is 1. The highest BCUT2D eigenvalue weighted by Gasteiger charge is 2.42. The van der Waals surface area contributed by atoms with Crippen molar-refractivity contribution in [2.75, 3.05) is 0 Å². The van der Waals surface area contributed by atoms with Gasteiger partial charge in [-0.15, -0.1) is 0 Å². The molecule has 0 saturated carbocycles. The molecule has 0 aliphatic carbocycles. The van der Waals surface area contributed by atoms with Crippen LogP contribution in [-0.2, 0) is 15.1 Å². The molecule has 1 aromatic rings. The Bertz CT molecular complexity index is 539. The van der Waals surface area contributed by atoms with Crippen molar-refractivity contribution < 1.29 is 19.4 Å². The van der Waals surface area contributed by atoms with Crippen LogP contribution >= 0.6 is 11.6 Å². The number of rotatable bonds is 4. The standard InChI is InChI=1S/C15H20ClNO4/c1-5-15(12(18)19,10-8-6-7-9-11(10)16)17-13(20)21-14(2,3)4/h6-9H,5H2,1-4H3,(H,17,20)(H,18,19). The summed E-state index contributed by atoms with van der Waals surface area (Å²) in [7, 11) is 0. The van der Waals surface area contributed by atoms with Crippen LogP contribution in [0.1, 0.15) is 39.7 Å². The minimum absolute atomic E-state index is 0.130. The van der Waals surface area contributed by atoms with Crippen molar-refractivity contribution in [3.63, 3.8) is 0 Å². The molecule has 1 rings (SSSR count). The lowest BCUT2D eigenvalue weighted by atomic mass is 9.87. The number of alkyl carbamates (subject to hydrolysis) is 1. The predicted molar refractivity (Wildman–Crippen MR) is 80.4 cm³/mol. The fourth-order valence-corrected chi connectivity index (χ4v) is 2.25. The summed E-state index contributed by atoms with van der Waals surface area (Å²) in [6.07, 6.45) is -0.669. The monoisotopic (exact) mass is 313 g/mol. The fraction of sp³-hybridized carbons (Fsp3) is 0.467. The van der Waals surface area contributed by atoms with Crippen LogP contribution in [0, 0.1) is 0 Å². The van der Waals surface area contributed by atoms with Crippen LogP contribution in [0.4, 0.5) is 4.79 Å². The van der Waals surface area contributed by atoms with Crippen molar-refractivity contribution in [1.82, 2.24) is 5.32 Å². The van der Waals surface area contributed by atoms with E-state index in [0.717, 1.165) is 0 Å². The predicted octanol–water partition coefficient (Wildman–Crippen LogP) is 3.55. The lowest BCUT2D eigenvalue weighted by molar-refractivity contribution is -0.145. The largest absolute Gasteiger partial charge is 0.479 e. The normalized spacial score (nSPS) is 14.1. The van der Waals surface area contributed by atoms with Crippen molar-refractivity contribution in [2.45, 2.75) is 45.3 Å². The summed E-state index contributed by atoms with van der Waals surface area (Å²) >= 11 is 6.09. The Kier molecular flexibility index (Phi) is 5.23. The second-order valence-electron chi connectivity index (χ2n) is 5.67. The van der Waals surface area contributed by atoms with E-state index < -0.39 is 23.2 Å². The average Bonchev–Trinajstić information content (AvgIpc) is 2.34. The molecule has 0 aromatic heterocycles. The Labute approximate surface area is 129 Å². The molecule has 5 nitrogen and oxygen atoms in total. The molecule has 1 amide bonds. The molecule has 6 heteroatoms. The molecule has 1 aromatic carbocycles. The van der Waals surface area contributed by atoms with Crippen molar-refractivity contribution in [1.29, 1.82) is 0 Å². The molecular formula is C15H20ClNO4. The lowest BCUT2D eigenvalue weighted by Gasteiger charge is -2.31. The number of carboxylic acids is 1. The third-order valence-electron chi connectivity index (χ3n) is 2.94. The first-order valence-corrected chi connectivity index (χ1v) is 7.00. The molecule has 0 heterocycles. The van der Waals surface area contributed by atoms with Crippen molar-refractivity contribution >= 4 is 23.7 Å². The van der Waals surface area contributed by atoms with Crippen LogP contribution in [0.15, 0.2) is 24.3 Å². The first-order valence-electron chi connectivity index (χ1n) is 6.62. The maximum Gasteiger partial charge on any atom is 0.408 e. The first kappa shape index (κ1) is 17.3. The second kappa shape index (κ2) is 6.35. The van der Waals surface area contributed by atoms with Gasteiger partial charge in [-0.1, -0.05) is 36.7 Å². The third-order valence-corrected chi connectivity index (χ3v) is 3.27. The van der Waals surface area contributed by atoms with Gasteiger partial charge < -0.3 is 15.2 Å². The van der Waals surface area contributed by atoms with Crippen LogP contribution in [0.25, 0.3) is 0 Å². The molecule has 0 aliphatic rings. The number of nitrogens with one attached hydrogen (secondary N) is 1. The average molecular weight is 314 g/mol. The smallest absolute Gasteiger partial charge is 0.408 e. The number of hydrogen-bond acceptors (Lipinski definition) is 3. The molecule has 0 radical (unpaired) electrons. The van der Waals surface area contributed by atoms with Crippen LogP contribution in [-0.4, -0.2) is 22.8 Å². The van der Waals surface area contributed by atoms with E-state index in [4.69, 9.17) is 16.3 Å². The van der Waals surface area contributed by atoms with E-state index >= 15 is 0 Å². The number of carbonyl (C=O) groups excluding carboxylic acids is 1. The van der Waals surface area contributed by atoms with Crippen molar-refractivity contribution in [3.05, 3.63) is 34.9 Å². The minimum Gasteiger partial charge on any atom is -0.479 e. The van der Waals surface area contributed by atoms with Gasteiger partial charge in [0.25, 0.3) is 0 Å². The molecule has 0 bridgehead atoms. The summed E-state index contributed by atoms with van der Waals surface area (Å²) in [5, 5.41) is 12.3. The number of aliphatic carboxylic acids is 1. The summed E-state index contributed by atoms with van der Waals surface area (Å²) in [5.74, 6) is -1.19. The molecular weight excluding hydrogens is 294 g/mol. The zero-order chi connectivity index (χ0) is 16.3. The maximum absolute atomic E-state index is 12.0. The first-order chi connectivity index (χ1) is 9.62. The van der Waals surface area contributed by atoms with Crippen LogP contribution in [0.3, 0.4) is 0 Å². The minimum atomic E-state index is -1.62. The van der Waals surface area contributed by atoms with E-state index in [1.807, 2.05) is 0 Å². The number of benzene rings is 1. The van der Waals surface area contributed by atoms with Crippen molar-refractivity contribution in [3.8, 4) is 0 Å². The van der Waals surface area contributed by atoms with E-state index in [1.165, 1.54) is 0 Å². The SMILES string of the molecule is CCC(NC(=O)OC(C)(C)C)(C(=O)O)c1ccccc1Cl. The molecule has 116 valence electrons. The zero-order valence-corrected chi connectivity index (χ0v) is 13.3. The second-order valence-corrected chi connectivity index (χ2v) is 6.08. The van der Waals surface area contributed by atoms with E-state index in [2.05, 4.69) is 5.32 Å². The van der Waals surface area contributed by atoms with Gasteiger partial charge in [0, 0.05) is 10.6 Å². The lowest BCUT2D eigenvalue weighted by Crippen LogP contribution is -2.52. The van der Waals surface area contributed by atoms with Gasteiger partial charge in [-0.2, -0.15) is 0 Å². The molecule has 0 spiro atoms. The van der Waals surface area contributed by atoms with E-state index in [1.54, 1.807) is 52.0 Å². The van der Waals surface area contributed by atoms with Gasteiger partial charge >= 0.3 is 12.1 Å². The topological polar surface area (TPSA) is 75.6 Å². The third kappa shape index (κ3) is 4.11. The Morgan fingerprint density at radius 3 is 2.29 bits per heavy atom. The van der Waals surface area contributed by atoms with Gasteiger partial charge in [-0.3, -0.25) is 0 Å². The Morgan fingerprint density at radius 1 is 1.29 bits per heavy atom. The highest BCUT2D eigenvalue weighted by molar-refractivity contribution is 6.31. The molecule has 0 fully saturated rings. The molecule has 2 N–H and O–H groups in total. The van der Waals surface area contributed by atoms with E-state index in [0.29, 0.717) is 5.56 Å². The van der Waals surface area contributed by atoms with Gasteiger partial charge in [0.2, 0.25) is 0 Å². The van der Waals surface area contributed by atoms with Gasteiger partial charge in [-0.25, -0.2) is 9.59 Å². The molecule has 0 aliphatic heterocycles. The molecule has 21 heavy (non-hydrogen) atoms. The number of hydrogen-bond donors (Lipinski definition) is 2. The van der Waals surface area contributed by atoms with Crippen LogP contribution in [0.5, 0.6) is 0 Å². The van der Waals surface area contributed by atoms with Crippen LogP contribution in [0.2, 0.25) is 5.02 Å².